The van der Waals surface area contributed by atoms with Crippen molar-refractivity contribution in [3.63, 3.8) is 0 Å². The molecule has 1 N–H and O–H groups in total. The average Bonchev–Trinajstić information content (AvgIpc) is 2.72. The van der Waals surface area contributed by atoms with Gasteiger partial charge in [0.05, 0.1) is 18.9 Å². The second kappa shape index (κ2) is 9.58. The summed E-state index contributed by atoms with van der Waals surface area (Å²) in [6.07, 6.45) is 1.83. The van der Waals surface area contributed by atoms with Gasteiger partial charge in [0.15, 0.2) is 0 Å². The van der Waals surface area contributed by atoms with Crippen molar-refractivity contribution < 1.29 is 4.74 Å². The zero-order valence-electron chi connectivity index (χ0n) is 10.7. The molecule has 5 nitrogen and oxygen atoms in total. The molecule has 0 saturated carbocycles. The highest BCUT2D eigenvalue weighted by molar-refractivity contribution is 5.85. The van der Waals surface area contributed by atoms with Gasteiger partial charge in [-0.1, -0.05) is 0 Å². The van der Waals surface area contributed by atoms with Gasteiger partial charge in [0.2, 0.25) is 0 Å². The minimum Gasteiger partial charge on any atom is -0.379 e. The number of ether oxygens (including phenoxy) is 1. The summed E-state index contributed by atoms with van der Waals surface area (Å²) >= 11 is 0. The Morgan fingerprint density at radius 2 is 2.06 bits per heavy atom. The molecule has 0 bridgehead atoms. The number of hydrogen-bond acceptors (Lipinski definition) is 4. The van der Waals surface area contributed by atoms with E-state index >= 15 is 0 Å². The van der Waals surface area contributed by atoms with E-state index in [0.717, 1.165) is 45.9 Å². The van der Waals surface area contributed by atoms with E-state index in [9.17, 15) is 0 Å². The first-order chi connectivity index (χ1) is 7.86. The summed E-state index contributed by atoms with van der Waals surface area (Å²) in [4.78, 5) is 2.43. The fourth-order valence-corrected chi connectivity index (χ4v) is 1.85. The third-order valence-electron chi connectivity index (χ3n) is 2.94. The molecular formula is C11H22Cl2N4O. The van der Waals surface area contributed by atoms with Gasteiger partial charge < -0.3 is 10.1 Å². The van der Waals surface area contributed by atoms with Crippen LogP contribution in [-0.2, 0) is 18.3 Å². The van der Waals surface area contributed by atoms with Crippen LogP contribution in [0.5, 0.6) is 0 Å². The Balaban J connectivity index is 0.00000144. The molecule has 0 radical (unpaired) electrons. The third-order valence-corrected chi connectivity index (χ3v) is 2.94. The number of hydrogen-bond donors (Lipinski definition) is 1. The van der Waals surface area contributed by atoms with Crippen molar-refractivity contribution in [2.75, 3.05) is 39.4 Å². The Bertz CT molecular complexity index is 316. The lowest BCUT2D eigenvalue weighted by atomic mass is 10.4. The molecule has 1 aromatic heterocycles. The molecule has 18 heavy (non-hydrogen) atoms. The number of morpholine rings is 1. The monoisotopic (exact) mass is 296 g/mol. The maximum Gasteiger partial charge on any atom is 0.0594 e. The first-order valence-electron chi connectivity index (χ1n) is 5.84. The van der Waals surface area contributed by atoms with E-state index in [4.69, 9.17) is 4.74 Å². The van der Waals surface area contributed by atoms with Crippen LogP contribution in [-0.4, -0.2) is 54.1 Å². The largest absolute Gasteiger partial charge is 0.379 e. The van der Waals surface area contributed by atoms with Gasteiger partial charge in [-0.15, -0.1) is 24.8 Å². The van der Waals surface area contributed by atoms with E-state index in [0.29, 0.717) is 0 Å². The molecule has 1 aliphatic heterocycles. The van der Waals surface area contributed by atoms with Crippen molar-refractivity contribution in [3.8, 4) is 0 Å². The average molecular weight is 297 g/mol. The Morgan fingerprint density at radius 3 is 2.67 bits per heavy atom. The summed E-state index contributed by atoms with van der Waals surface area (Å²) in [5, 5.41) is 7.57. The zero-order valence-corrected chi connectivity index (χ0v) is 12.3. The van der Waals surface area contributed by atoms with Gasteiger partial charge >= 0.3 is 0 Å². The van der Waals surface area contributed by atoms with E-state index < -0.39 is 0 Å². The van der Waals surface area contributed by atoms with E-state index in [-0.39, 0.29) is 24.8 Å². The van der Waals surface area contributed by atoms with Crippen LogP contribution in [0.2, 0.25) is 0 Å². The van der Waals surface area contributed by atoms with Gasteiger partial charge in [-0.3, -0.25) is 9.58 Å². The smallest absolute Gasteiger partial charge is 0.0594 e. The van der Waals surface area contributed by atoms with Crippen molar-refractivity contribution >= 4 is 24.8 Å². The highest BCUT2D eigenvalue weighted by atomic mass is 35.5. The van der Waals surface area contributed by atoms with Crippen LogP contribution >= 0.6 is 24.8 Å². The highest BCUT2D eigenvalue weighted by Gasteiger charge is 2.08. The van der Waals surface area contributed by atoms with Gasteiger partial charge in [-0.2, -0.15) is 5.10 Å². The molecule has 1 saturated heterocycles. The minimum atomic E-state index is 0. The Morgan fingerprint density at radius 1 is 1.33 bits per heavy atom. The normalized spacial score (nSPS) is 15.8. The first kappa shape index (κ1) is 17.7. The van der Waals surface area contributed by atoms with Gasteiger partial charge in [0.1, 0.15) is 0 Å². The van der Waals surface area contributed by atoms with Crippen molar-refractivity contribution in [1.29, 1.82) is 0 Å². The van der Waals surface area contributed by atoms with E-state index in [1.54, 1.807) is 0 Å². The zero-order chi connectivity index (χ0) is 11.2. The topological polar surface area (TPSA) is 42.3 Å². The second-order valence-electron chi connectivity index (χ2n) is 4.08. The molecule has 0 amide bonds. The third kappa shape index (κ3) is 5.54. The van der Waals surface area contributed by atoms with E-state index in [2.05, 4.69) is 15.3 Å². The second-order valence-corrected chi connectivity index (χ2v) is 4.08. The van der Waals surface area contributed by atoms with Crippen LogP contribution in [0.1, 0.15) is 5.69 Å². The summed E-state index contributed by atoms with van der Waals surface area (Å²) in [6, 6.07) is 2.04. The fraction of sp³-hybridized carbons (Fsp3) is 0.727. The maximum atomic E-state index is 5.31. The standard InChI is InChI=1S/C11H20N4O.2ClH/c1-14-11(2-3-13-14)10-12-4-5-15-6-8-16-9-7-15;;/h2-3,12H,4-10H2,1H3;2*1H. The number of aromatic nitrogens is 2. The van der Waals surface area contributed by atoms with E-state index in [1.807, 2.05) is 24.0 Å². The van der Waals surface area contributed by atoms with Crippen LogP contribution in [0.4, 0.5) is 0 Å². The van der Waals surface area contributed by atoms with E-state index in [1.165, 1.54) is 5.69 Å². The van der Waals surface area contributed by atoms with Crippen molar-refractivity contribution in [2.24, 2.45) is 7.05 Å². The number of aryl methyl sites for hydroxylation is 1. The lowest BCUT2D eigenvalue weighted by Gasteiger charge is -2.26. The van der Waals surface area contributed by atoms with Gasteiger partial charge in [0.25, 0.3) is 0 Å². The number of rotatable bonds is 5. The molecule has 0 aromatic carbocycles. The Labute approximate surface area is 121 Å². The minimum absolute atomic E-state index is 0. The molecular weight excluding hydrogens is 275 g/mol. The number of nitrogens with zero attached hydrogens (tertiary/aromatic N) is 3. The Kier molecular flexibility index (Phi) is 9.40. The van der Waals surface area contributed by atoms with Gasteiger partial charge in [0, 0.05) is 46.0 Å². The molecule has 106 valence electrons. The lowest BCUT2D eigenvalue weighted by Crippen LogP contribution is -2.40. The molecule has 2 heterocycles. The molecule has 0 aliphatic carbocycles. The van der Waals surface area contributed by atoms with Crippen molar-refractivity contribution in [2.45, 2.75) is 6.54 Å². The molecule has 7 heteroatoms. The number of halogens is 2. The van der Waals surface area contributed by atoms with Crippen LogP contribution in [0, 0.1) is 0 Å². The summed E-state index contributed by atoms with van der Waals surface area (Å²) < 4.78 is 7.21. The molecule has 1 fully saturated rings. The van der Waals surface area contributed by atoms with Crippen LogP contribution in [0.3, 0.4) is 0 Å². The van der Waals surface area contributed by atoms with Crippen LogP contribution in [0.25, 0.3) is 0 Å². The molecule has 0 atom stereocenters. The van der Waals surface area contributed by atoms with Crippen LogP contribution in [0.15, 0.2) is 12.3 Å². The van der Waals surface area contributed by atoms with Gasteiger partial charge in [-0.05, 0) is 6.07 Å². The predicted octanol–water partition coefficient (Wildman–Crippen LogP) is 0.685. The van der Waals surface area contributed by atoms with Crippen molar-refractivity contribution in [3.05, 3.63) is 18.0 Å². The summed E-state index contributed by atoms with van der Waals surface area (Å²) in [5.41, 5.74) is 1.22. The first-order valence-corrected chi connectivity index (χ1v) is 5.84. The highest BCUT2D eigenvalue weighted by Crippen LogP contribution is 1.96. The lowest BCUT2D eigenvalue weighted by molar-refractivity contribution is 0.0384. The molecule has 0 spiro atoms. The molecule has 2 rings (SSSR count). The fourth-order valence-electron chi connectivity index (χ4n) is 1.85. The summed E-state index contributed by atoms with van der Waals surface area (Å²) in [7, 11) is 1.97. The summed E-state index contributed by atoms with van der Waals surface area (Å²) in [6.45, 7) is 6.89. The molecule has 0 unspecified atom stereocenters. The van der Waals surface area contributed by atoms with Crippen LogP contribution < -0.4 is 5.32 Å². The van der Waals surface area contributed by atoms with Crippen molar-refractivity contribution in [1.82, 2.24) is 20.0 Å². The van der Waals surface area contributed by atoms with Gasteiger partial charge in [-0.25, -0.2) is 0 Å². The predicted molar refractivity (Wildman–Crippen MR) is 76.7 cm³/mol. The number of nitrogens with one attached hydrogen (secondary N) is 1. The Hall–Kier alpha value is -0.330. The maximum absolute atomic E-state index is 5.31. The SMILES string of the molecule is Cl.Cl.Cn1nccc1CNCCN1CCOCC1. The summed E-state index contributed by atoms with van der Waals surface area (Å²) in [5.74, 6) is 0. The molecule has 1 aromatic rings. The molecule has 1 aliphatic rings. The quantitative estimate of drug-likeness (QED) is 0.812.